The normalized spacial score (nSPS) is 11.0. The molecule has 0 radical (unpaired) electrons. The first-order valence-corrected chi connectivity index (χ1v) is 9.57. The summed E-state index contributed by atoms with van der Waals surface area (Å²) in [6.45, 7) is 1.92. The number of hydrogen-bond donors (Lipinski definition) is 0. The molecule has 0 N–H and O–H groups in total. The summed E-state index contributed by atoms with van der Waals surface area (Å²) in [6, 6.07) is 16.4. The summed E-state index contributed by atoms with van der Waals surface area (Å²) < 4.78 is 1.37. The number of benzene rings is 2. The Morgan fingerprint density at radius 3 is 2.52 bits per heavy atom. The van der Waals surface area contributed by atoms with Crippen molar-refractivity contribution in [2.45, 2.75) is 13.5 Å². The summed E-state index contributed by atoms with van der Waals surface area (Å²) in [5, 5.41) is 1.13. The number of Topliss-reactive ketones (excluding diaryl/α,β-unsaturated/α-hetero) is 1. The quantitative estimate of drug-likeness (QED) is 0.459. The van der Waals surface area contributed by atoms with Gasteiger partial charge in [-0.15, -0.1) is 11.3 Å². The number of aryl methyl sites for hydroxylation is 1. The van der Waals surface area contributed by atoms with Crippen molar-refractivity contribution >= 4 is 38.9 Å². The van der Waals surface area contributed by atoms with Crippen LogP contribution < -0.4 is 5.56 Å². The zero-order valence-electron chi connectivity index (χ0n) is 14.5. The second-order valence-corrected chi connectivity index (χ2v) is 7.83. The van der Waals surface area contributed by atoms with Crippen molar-refractivity contribution < 1.29 is 4.79 Å². The number of hydrogen-bond acceptors (Lipinski definition) is 4. The van der Waals surface area contributed by atoms with Crippen LogP contribution in [0.15, 0.2) is 65.7 Å². The van der Waals surface area contributed by atoms with E-state index in [0.29, 0.717) is 20.8 Å². The molecular weight excluding hydrogens is 380 g/mol. The number of rotatable bonds is 4. The number of nitrogens with zero attached hydrogens (tertiary/aromatic N) is 2. The van der Waals surface area contributed by atoms with E-state index in [4.69, 9.17) is 11.6 Å². The van der Waals surface area contributed by atoms with Crippen LogP contribution in [0.25, 0.3) is 21.3 Å². The molecule has 4 rings (SSSR count). The van der Waals surface area contributed by atoms with E-state index in [1.807, 2.05) is 37.3 Å². The lowest BCUT2D eigenvalue weighted by Gasteiger charge is -2.06. The van der Waals surface area contributed by atoms with Crippen LogP contribution in [0.3, 0.4) is 0 Å². The lowest BCUT2D eigenvalue weighted by atomic mass is 10.0. The molecule has 0 fully saturated rings. The molecule has 6 heteroatoms. The number of aromatic nitrogens is 2. The van der Waals surface area contributed by atoms with Crippen molar-refractivity contribution in [2.75, 3.05) is 0 Å². The monoisotopic (exact) mass is 394 g/mol. The molecule has 4 nitrogen and oxygen atoms in total. The molecule has 0 saturated carbocycles. The van der Waals surface area contributed by atoms with Gasteiger partial charge in [-0.2, -0.15) is 0 Å². The molecule has 0 bridgehead atoms. The summed E-state index contributed by atoms with van der Waals surface area (Å²) >= 11 is 7.36. The van der Waals surface area contributed by atoms with Gasteiger partial charge in [0.05, 0.1) is 18.3 Å². The van der Waals surface area contributed by atoms with E-state index in [0.717, 1.165) is 16.0 Å². The molecule has 0 aliphatic heterocycles. The fourth-order valence-electron chi connectivity index (χ4n) is 3.08. The Hall–Kier alpha value is -2.76. The first-order valence-electron chi connectivity index (χ1n) is 8.37. The molecule has 134 valence electrons. The van der Waals surface area contributed by atoms with E-state index in [2.05, 4.69) is 4.98 Å². The van der Waals surface area contributed by atoms with Gasteiger partial charge >= 0.3 is 0 Å². The highest BCUT2D eigenvalue weighted by Crippen LogP contribution is 2.35. The maximum absolute atomic E-state index is 13.1. The number of ketones is 1. The van der Waals surface area contributed by atoms with E-state index < -0.39 is 0 Å². The third-order valence-electron chi connectivity index (χ3n) is 4.40. The van der Waals surface area contributed by atoms with E-state index >= 15 is 0 Å². The summed E-state index contributed by atoms with van der Waals surface area (Å²) in [5.74, 6) is -0.164. The van der Waals surface area contributed by atoms with E-state index in [1.165, 1.54) is 22.2 Å². The third kappa shape index (κ3) is 3.31. The van der Waals surface area contributed by atoms with Gasteiger partial charge in [0.1, 0.15) is 4.83 Å². The van der Waals surface area contributed by atoms with Crippen molar-refractivity contribution in [1.82, 2.24) is 9.55 Å². The summed E-state index contributed by atoms with van der Waals surface area (Å²) in [4.78, 5) is 31.8. The number of fused-ring (bicyclic) bond motifs is 1. The van der Waals surface area contributed by atoms with Gasteiger partial charge < -0.3 is 0 Å². The van der Waals surface area contributed by atoms with Crippen molar-refractivity contribution in [2.24, 2.45) is 0 Å². The smallest absolute Gasteiger partial charge is 0.263 e. The van der Waals surface area contributed by atoms with Crippen LogP contribution in [0.1, 0.15) is 15.2 Å². The summed E-state index contributed by atoms with van der Waals surface area (Å²) in [5.41, 5.74) is 2.17. The molecule has 2 heterocycles. The van der Waals surface area contributed by atoms with Crippen LogP contribution in [0.4, 0.5) is 0 Å². The molecule has 0 aliphatic carbocycles. The van der Waals surface area contributed by atoms with Gasteiger partial charge in [-0.3, -0.25) is 14.2 Å². The van der Waals surface area contributed by atoms with Crippen LogP contribution in [0, 0.1) is 6.92 Å². The maximum Gasteiger partial charge on any atom is 0.263 e. The summed E-state index contributed by atoms with van der Waals surface area (Å²) in [6.07, 6.45) is 1.45. The first-order chi connectivity index (χ1) is 13.0. The Kier molecular flexibility index (Phi) is 4.64. The minimum atomic E-state index is -0.203. The molecule has 0 unspecified atom stereocenters. The van der Waals surface area contributed by atoms with Crippen molar-refractivity contribution in [3.63, 3.8) is 0 Å². The van der Waals surface area contributed by atoms with E-state index in [-0.39, 0.29) is 17.9 Å². The Balaban J connectivity index is 1.79. The van der Waals surface area contributed by atoms with Gasteiger partial charge in [0.25, 0.3) is 5.56 Å². The standard InChI is InChI=1S/C21H15ClN2O2S/c1-13-18(15-5-3-2-4-6-15)19-20(27-13)23-12-24(21(19)26)11-17(25)14-7-9-16(22)10-8-14/h2-10,12H,11H2,1H3. The van der Waals surface area contributed by atoms with Gasteiger partial charge in [-0.05, 0) is 36.8 Å². The molecule has 0 spiro atoms. The molecule has 2 aromatic heterocycles. The molecule has 0 aliphatic rings. The second-order valence-electron chi connectivity index (χ2n) is 6.19. The zero-order valence-corrected chi connectivity index (χ0v) is 16.1. The molecule has 27 heavy (non-hydrogen) atoms. The van der Waals surface area contributed by atoms with Crippen molar-refractivity contribution in [3.05, 3.63) is 86.7 Å². The molecular formula is C21H15ClN2O2S. The lowest BCUT2D eigenvalue weighted by Crippen LogP contribution is -2.24. The highest BCUT2D eigenvalue weighted by molar-refractivity contribution is 7.19. The largest absolute Gasteiger partial charge is 0.292 e. The van der Waals surface area contributed by atoms with Gasteiger partial charge in [0, 0.05) is 21.0 Å². The lowest BCUT2D eigenvalue weighted by molar-refractivity contribution is 0.0970. The average molecular weight is 395 g/mol. The predicted molar refractivity (Wildman–Crippen MR) is 110 cm³/mol. The maximum atomic E-state index is 13.1. The minimum Gasteiger partial charge on any atom is -0.292 e. The Bertz CT molecular complexity index is 1190. The van der Waals surface area contributed by atoms with Crippen LogP contribution in [-0.2, 0) is 6.54 Å². The number of carbonyl (C=O) groups excluding carboxylic acids is 1. The predicted octanol–water partition coefficient (Wildman–Crippen LogP) is 4.97. The van der Waals surface area contributed by atoms with Crippen LogP contribution in [-0.4, -0.2) is 15.3 Å². The Morgan fingerprint density at radius 1 is 1.11 bits per heavy atom. The molecule has 2 aromatic carbocycles. The minimum absolute atomic E-state index is 0.0630. The average Bonchev–Trinajstić information content (AvgIpc) is 3.02. The van der Waals surface area contributed by atoms with Crippen molar-refractivity contribution in [1.29, 1.82) is 0 Å². The highest BCUT2D eigenvalue weighted by Gasteiger charge is 2.18. The Labute approximate surface area is 164 Å². The summed E-state index contributed by atoms with van der Waals surface area (Å²) in [7, 11) is 0. The first kappa shape index (κ1) is 17.6. The van der Waals surface area contributed by atoms with Crippen LogP contribution in [0.2, 0.25) is 5.02 Å². The molecule has 4 aromatic rings. The van der Waals surface area contributed by atoms with Gasteiger partial charge in [-0.25, -0.2) is 4.98 Å². The van der Waals surface area contributed by atoms with E-state index in [9.17, 15) is 9.59 Å². The zero-order chi connectivity index (χ0) is 19.0. The van der Waals surface area contributed by atoms with Crippen molar-refractivity contribution in [3.8, 4) is 11.1 Å². The second kappa shape index (κ2) is 7.10. The molecule has 0 saturated heterocycles. The highest BCUT2D eigenvalue weighted by atomic mass is 35.5. The SMILES string of the molecule is Cc1sc2ncn(CC(=O)c3ccc(Cl)cc3)c(=O)c2c1-c1ccccc1. The number of thiophene rings is 1. The number of carbonyl (C=O) groups is 1. The fraction of sp³-hybridized carbons (Fsp3) is 0.0952. The van der Waals surface area contributed by atoms with Gasteiger partial charge in [-0.1, -0.05) is 41.9 Å². The fourth-order valence-corrected chi connectivity index (χ4v) is 4.21. The molecule has 0 atom stereocenters. The third-order valence-corrected chi connectivity index (χ3v) is 5.66. The topological polar surface area (TPSA) is 52.0 Å². The number of halogens is 1. The van der Waals surface area contributed by atoms with Crippen LogP contribution in [0.5, 0.6) is 0 Å². The van der Waals surface area contributed by atoms with E-state index in [1.54, 1.807) is 24.3 Å². The Morgan fingerprint density at radius 2 is 1.81 bits per heavy atom. The van der Waals surface area contributed by atoms with Gasteiger partial charge in [0.15, 0.2) is 5.78 Å². The van der Waals surface area contributed by atoms with Crippen LogP contribution >= 0.6 is 22.9 Å². The molecule has 0 amide bonds. The van der Waals surface area contributed by atoms with Gasteiger partial charge in [0.2, 0.25) is 0 Å².